The summed E-state index contributed by atoms with van der Waals surface area (Å²) in [5.74, 6) is -0.207. The number of hydrogen-bond donors (Lipinski definition) is 1. The van der Waals surface area contributed by atoms with Gasteiger partial charge < -0.3 is 5.32 Å². The molecule has 0 aliphatic carbocycles. The van der Waals surface area contributed by atoms with Crippen LogP contribution in [-0.4, -0.2) is 22.9 Å². The first-order valence-electron chi connectivity index (χ1n) is 5.78. The number of aryl methyl sites for hydroxylation is 1. The fourth-order valence-electron chi connectivity index (χ4n) is 2.31. The Kier molecular flexibility index (Phi) is 2.44. The Morgan fingerprint density at radius 1 is 1.41 bits per heavy atom. The molecule has 3 nitrogen and oxygen atoms in total. The quantitative estimate of drug-likeness (QED) is 0.814. The molecule has 4 heteroatoms. The molecule has 3 rings (SSSR count). The van der Waals surface area contributed by atoms with Gasteiger partial charge in [0.25, 0.3) is 0 Å². The molecule has 0 saturated carbocycles. The maximum atomic E-state index is 13.3. The maximum Gasteiger partial charge on any atom is 0.124 e. The molecule has 0 saturated heterocycles. The standard InChI is InChI=1S/C13H14FN3/c1-17-12-3-2-10(14)8-11(12)13(16-17)9-4-6-15-7-5-9/h2-4,8,15H,5-7H2,1H3. The molecule has 0 unspecified atom stereocenters. The highest BCUT2D eigenvalue weighted by atomic mass is 19.1. The Labute approximate surface area is 98.9 Å². The van der Waals surface area contributed by atoms with Gasteiger partial charge >= 0.3 is 0 Å². The van der Waals surface area contributed by atoms with Crippen molar-refractivity contribution in [1.29, 1.82) is 0 Å². The molecular formula is C13H14FN3. The summed E-state index contributed by atoms with van der Waals surface area (Å²) in [7, 11) is 1.89. The minimum atomic E-state index is -0.207. The number of benzene rings is 1. The van der Waals surface area contributed by atoms with Gasteiger partial charge in [-0.1, -0.05) is 6.08 Å². The van der Waals surface area contributed by atoms with E-state index < -0.39 is 0 Å². The van der Waals surface area contributed by atoms with Gasteiger partial charge in [-0.25, -0.2) is 4.39 Å². The van der Waals surface area contributed by atoms with E-state index in [1.165, 1.54) is 11.6 Å². The largest absolute Gasteiger partial charge is 0.313 e. The van der Waals surface area contributed by atoms with E-state index >= 15 is 0 Å². The van der Waals surface area contributed by atoms with Crippen LogP contribution in [0.1, 0.15) is 12.1 Å². The van der Waals surface area contributed by atoms with Crippen LogP contribution in [0.4, 0.5) is 4.39 Å². The number of fused-ring (bicyclic) bond motifs is 1. The lowest BCUT2D eigenvalue weighted by atomic mass is 10.0. The van der Waals surface area contributed by atoms with Gasteiger partial charge in [0.15, 0.2) is 0 Å². The minimum Gasteiger partial charge on any atom is -0.313 e. The van der Waals surface area contributed by atoms with Crippen LogP contribution in [0.5, 0.6) is 0 Å². The van der Waals surface area contributed by atoms with E-state index in [0.29, 0.717) is 0 Å². The van der Waals surface area contributed by atoms with Gasteiger partial charge in [-0.05, 0) is 36.7 Å². The summed E-state index contributed by atoms with van der Waals surface area (Å²) in [6.07, 6.45) is 3.08. The van der Waals surface area contributed by atoms with Crippen molar-refractivity contribution in [3.63, 3.8) is 0 Å². The first-order chi connectivity index (χ1) is 8.25. The van der Waals surface area contributed by atoms with Gasteiger partial charge in [0, 0.05) is 19.0 Å². The molecule has 0 radical (unpaired) electrons. The Bertz CT molecular complexity index is 598. The van der Waals surface area contributed by atoms with Crippen molar-refractivity contribution in [1.82, 2.24) is 15.1 Å². The Morgan fingerprint density at radius 3 is 3.06 bits per heavy atom. The zero-order valence-corrected chi connectivity index (χ0v) is 9.70. The number of aromatic nitrogens is 2. The van der Waals surface area contributed by atoms with Crippen LogP contribution in [0, 0.1) is 5.82 Å². The minimum absolute atomic E-state index is 0.207. The molecule has 0 amide bonds. The number of halogens is 1. The number of nitrogens with zero attached hydrogens (tertiary/aromatic N) is 2. The topological polar surface area (TPSA) is 29.9 Å². The first kappa shape index (κ1) is 10.5. The fourth-order valence-corrected chi connectivity index (χ4v) is 2.31. The predicted octanol–water partition coefficient (Wildman–Crippen LogP) is 2.09. The molecule has 2 aromatic rings. The van der Waals surface area contributed by atoms with Gasteiger partial charge in [-0.2, -0.15) is 5.10 Å². The number of nitrogens with one attached hydrogen (secondary N) is 1. The van der Waals surface area contributed by atoms with Crippen molar-refractivity contribution >= 4 is 16.5 Å². The molecule has 88 valence electrons. The van der Waals surface area contributed by atoms with E-state index in [2.05, 4.69) is 16.5 Å². The zero-order valence-electron chi connectivity index (χ0n) is 9.70. The second kappa shape index (κ2) is 3.96. The third-order valence-electron chi connectivity index (χ3n) is 3.18. The zero-order chi connectivity index (χ0) is 11.8. The van der Waals surface area contributed by atoms with Crippen molar-refractivity contribution in [3.05, 3.63) is 35.8 Å². The van der Waals surface area contributed by atoms with Crippen LogP contribution in [0.2, 0.25) is 0 Å². The molecular weight excluding hydrogens is 217 g/mol. The summed E-state index contributed by atoms with van der Waals surface area (Å²) in [5.41, 5.74) is 3.10. The van der Waals surface area contributed by atoms with Gasteiger partial charge in [0.2, 0.25) is 0 Å². The van der Waals surface area contributed by atoms with E-state index in [4.69, 9.17) is 0 Å². The van der Waals surface area contributed by atoms with Crippen LogP contribution in [0.15, 0.2) is 24.3 Å². The summed E-state index contributed by atoms with van der Waals surface area (Å²) in [6, 6.07) is 4.83. The van der Waals surface area contributed by atoms with Gasteiger partial charge in [-0.3, -0.25) is 4.68 Å². The molecule has 1 aliphatic heterocycles. The second-order valence-corrected chi connectivity index (χ2v) is 4.32. The van der Waals surface area contributed by atoms with Crippen LogP contribution < -0.4 is 5.32 Å². The predicted molar refractivity (Wildman–Crippen MR) is 66.1 cm³/mol. The van der Waals surface area contributed by atoms with Crippen LogP contribution >= 0.6 is 0 Å². The Balaban J connectivity index is 2.22. The third-order valence-corrected chi connectivity index (χ3v) is 3.18. The molecule has 1 aromatic carbocycles. The van der Waals surface area contributed by atoms with E-state index in [0.717, 1.165) is 36.1 Å². The first-order valence-corrected chi connectivity index (χ1v) is 5.78. The average molecular weight is 231 g/mol. The smallest absolute Gasteiger partial charge is 0.124 e. The van der Waals surface area contributed by atoms with Crippen molar-refractivity contribution in [2.45, 2.75) is 6.42 Å². The van der Waals surface area contributed by atoms with Crippen molar-refractivity contribution in [2.75, 3.05) is 13.1 Å². The fraction of sp³-hybridized carbons (Fsp3) is 0.308. The third kappa shape index (κ3) is 1.74. The van der Waals surface area contributed by atoms with E-state index in [-0.39, 0.29) is 5.82 Å². The van der Waals surface area contributed by atoms with Gasteiger partial charge in [-0.15, -0.1) is 0 Å². The molecule has 1 aliphatic rings. The van der Waals surface area contributed by atoms with Crippen LogP contribution in [0.25, 0.3) is 16.5 Å². The highest BCUT2D eigenvalue weighted by Crippen LogP contribution is 2.27. The Hall–Kier alpha value is -1.68. The summed E-state index contributed by atoms with van der Waals surface area (Å²) < 4.78 is 15.1. The van der Waals surface area contributed by atoms with Crippen LogP contribution in [0.3, 0.4) is 0 Å². The van der Waals surface area contributed by atoms with Crippen LogP contribution in [-0.2, 0) is 7.05 Å². The summed E-state index contributed by atoms with van der Waals surface area (Å²) in [6.45, 7) is 1.82. The molecule has 0 bridgehead atoms. The highest BCUT2D eigenvalue weighted by molar-refractivity contribution is 5.91. The van der Waals surface area contributed by atoms with E-state index in [1.807, 2.05) is 11.7 Å². The normalized spacial score (nSPS) is 16.2. The average Bonchev–Trinajstić information content (AvgIpc) is 2.67. The Morgan fingerprint density at radius 2 is 2.29 bits per heavy atom. The van der Waals surface area contributed by atoms with E-state index in [1.54, 1.807) is 12.1 Å². The molecule has 17 heavy (non-hydrogen) atoms. The lowest BCUT2D eigenvalue weighted by molar-refractivity contribution is 0.629. The van der Waals surface area contributed by atoms with Crippen molar-refractivity contribution in [2.24, 2.45) is 7.05 Å². The SMILES string of the molecule is Cn1nc(C2=CCNCC2)c2cc(F)ccc21. The molecule has 0 spiro atoms. The molecule has 2 heterocycles. The summed E-state index contributed by atoms with van der Waals surface area (Å²) in [5, 5.41) is 8.68. The molecule has 1 N–H and O–H groups in total. The summed E-state index contributed by atoms with van der Waals surface area (Å²) in [4.78, 5) is 0. The van der Waals surface area contributed by atoms with Crippen molar-refractivity contribution in [3.8, 4) is 0 Å². The number of rotatable bonds is 1. The molecule has 0 atom stereocenters. The molecule has 1 aromatic heterocycles. The lowest BCUT2D eigenvalue weighted by Gasteiger charge is -2.12. The maximum absolute atomic E-state index is 13.3. The lowest BCUT2D eigenvalue weighted by Crippen LogP contribution is -2.20. The monoisotopic (exact) mass is 231 g/mol. The summed E-state index contributed by atoms with van der Waals surface area (Å²) >= 11 is 0. The second-order valence-electron chi connectivity index (χ2n) is 4.32. The van der Waals surface area contributed by atoms with Crippen molar-refractivity contribution < 1.29 is 4.39 Å². The molecule has 0 fully saturated rings. The van der Waals surface area contributed by atoms with Gasteiger partial charge in [0.05, 0.1) is 11.2 Å². The van der Waals surface area contributed by atoms with Gasteiger partial charge in [0.1, 0.15) is 5.82 Å². The number of hydrogen-bond acceptors (Lipinski definition) is 2. The van der Waals surface area contributed by atoms with E-state index in [9.17, 15) is 4.39 Å². The highest BCUT2D eigenvalue weighted by Gasteiger charge is 2.14.